The number of piperidine rings is 1. The first-order chi connectivity index (χ1) is 14.0. The predicted octanol–water partition coefficient (Wildman–Crippen LogP) is 3.93. The number of benzene rings is 1. The number of hydrogen-bond donors (Lipinski definition) is 1. The van der Waals surface area contributed by atoms with E-state index < -0.39 is 42.8 Å². The van der Waals surface area contributed by atoms with Gasteiger partial charge in [-0.15, -0.1) is 0 Å². The number of nitrogens with zero attached hydrogens (tertiary/aromatic N) is 1. The van der Waals surface area contributed by atoms with Crippen LogP contribution in [-0.4, -0.2) is 54.8 Å². The summed E-state index contributed by atoms with van der Waals surface area (Å²) in [6, 6.07) is 5.00. The molecule has 30 heavy (non-hydrogen) atoms. The lowest BCUT2D eigenvalue weighted by atomic mass is 9.97. The molecule has 7 nitrogen and oxygen atoms in total. The fraction of sp³-hybridized carbons (Fsp3) is 0.526. The van der Waals surface area contributed by atoms with Gasteiger partial charge in [0.15, 0.2) is 12.7 Å². The van der Waals surface area contributed by atoms with Crippen molar-refractivity contribution in [1.29, 1.82) is 0 Å². The van der Waals surface area contributed by atoms with E-state index in [1.807, 2.05) is 0 Å². The summed E-state index contributed by atoms with van der Waals surface area (Å²) in [6.07, 6.45) is -6.35. The van der Waals surface area contributed by atoms with Gasteiger partial charge in [0.05, 0.1) is 5.92 Å². The summed E-state index contributed by atoms with van der Waals surface area (Å²) in [5.41, 5.74) is 1.29. The Morgan fingerprint density at radius 3 is 2.50 bits per heavy atom. The first-order valence-electron chi connectivity index (χ1n) is 9.22. The zero-order valence-electron chi connectivity index (χ0n) is 16.4. The highest BCUT2D eigenvalue weighted by molar-refractivity contribution is 6.31. The molecule has 1 heterocycles. The molecule has 2 amide bonds. The number of rotatable bonds is 5. The highest BCUT2D eigenvalue weighted by atomic mass is 35.5. The molecule has 1 saturated heterocycles. The van der Waals surface area contributed by atoms with Crippen molar-refractivity contribution in [3.05, 3.63) is 28.8 Å². The van der Waals surface area contributed by atoms with E-state index >= 15 is 0 Å². The molecule has 11 heteroatoms. The Balaban J connectivity index is 1.80. The van der Waals surface area contributed by atoms with Gasteiger partial charge >= 0.3 is 18.2 Å². The Kier molecular flexibility index (Phi) is 7.94. The molecule has 1 aromatic rings. The summed E-state index contributed by atoms with van der Waals surface area (Å²) >= 11 is 5.91. The third-order valence-electron chi connectivity index (χ3n) is 4.57. The van der Waals surface area contributed by atoms with Crippen molar-refractivity contribution in [3.8, 4) is 0 Å². The highest BCUT2D eigenvalue weighted by Gasteiger charge is 2.34. The molecule has 0 bridgehead atoms. The first kappa shape index (κ1) is 23.8. The lowest BCUT2D eigenvalue weighted by Gasteiger charge is -2.30. The molecule has 0 spiro atoms. The SMILES string of the molecule is Cc1ccc(Cl)cc1NC(=O)[C@@H](C)OC(=O)C1CCN(C(=O)OCC(F)(F)F)CC1. The van der Waals surface area contributed by atoms with Gasteiger partial charge in [-0.05, 0) is 44.4 Å². The quantitative estimate of drug-likeness (QED) is 0.687. The molecule has 0 aliphatic carbocycles. The van der Waals surface area contributed by atoms with Crippen molar-refractivity contribution in [2.24, 2.45) is 5.92 Å². The molecule has 2 rings (SSSR count). The lowest BCUT2D eigenvalue weighted by molar-refractivity contribution is -0.163. The van der Waals surface area contributed by atoms with E-state index in [2.05, 4.69) is 10.1 Å². The molecule has 166 valence electrons. The maximum atomic E-state index is 12.3. The highest BCUT2D eigenvalue weighted by Crippen LogP contribution is 2.23. The van der Waals surface area contributed by atoms with E-state index in [1.54, 1.807) is 25.1 Å². The van der Waals surface area contributed by atoms with Crippen molar-refractivity contribution < 1.29 is 37.0 Å². The van der Waals surface area contributed by atoms with Crippen LogP contribution >= 0.6 is 11.6 Å². The first-order valence-corrected chi connectivity index (χ1v) is 9.60. The van der Waals surface area contributed by atoms with Crippen LogP contribution in [0.4, 0.5) is 23.7 Å². The van der Waals surface area contributed by atoms with E-state index in [0.29, 0.717) is 10.7 Å². The molecule has 0 unspecified atom stereocenters. The number of anilines is 1. The molecule has 0 aromatic heterocycles. The number of alkyl halides is 3. The fourth-order valence-corrected chi connectivity index (χ4v) is 2.99. The number of carbonyl (C=O) groups is 3. The third-order valence-corrected chi connectivity index (χ3v) is 4.80. The van der Waals surface area contributed by atoms with Gasteiger partial charge in [-0.3, -0.25) is 9.59 Å². The lowest BCUT2D eigenvalue weighted by Crippen LogP contribution is -2.42. The molecule has 0 saturated carbocycles. The van der Waals surface area contributed by atoms with Crippen LogP contribution in [0.15, 0.2) is 18.2 Å². The average molecular weight is 451 g/mol. The summed E-state index contributed by atoms with van der Waals surface area (Å²) < 4.78 is 45.8. The zero-order chi connectivity index (χ0) is 22.5. The molecular formula is C19H22ClF3N2O5. The molecular weight excluding hydrogens is 429 g/mol. The smallest absolute Gasteiger partial charge is 0.422 e. The number of nitrogens with one attached hydrogen (secondary N) is 1. The summed E-state index contributed by atoms with van der Waals surface area (Å²) in [5, 5.41) is 3.09. The third kappa shape index (κ3) is 7.08. The van der Waals surface area contributed by atoms with Gasteiger partial charge < -0.3 is 19.7 Å². The number of esters is 1. The molecule has 1 fully saturated rings. The second kappa shape index (κ2) is 10.0. The van der Waals surface area contributed by atoms with Crippen molar-refractivity contribution >= 4 is 35.3 Å². The van der Waals surface area contributed by atoms with Crippen LogP contribution in [0.2, 0.25) is 5.02 Å². The number of carbonyl (C=O) groups excluding carboxylic acids is 3. The van der Waals surface area contributed by atoms with Crippen LogP contribution in [-0.2, 0) is 19.1 Å². The maximum absolute atomic E-state index is 12.3. The van der Waals surface area contributed by atoms with Gasteiger partial charge in [0.2, 0.25) is 0 Å². The van der Waals surface area contributed by atoms with E-state index in [4.69, 9.17) is 16.3 Å². The summed E-state index contributed by atoms with van der Waals surface area (Å²) in [5.74, 6) is -1.70. The van der Waals surface area contributed by atoms with Crippen LogP contribution < -0.4 is 5.32 Å². The zero-order valence-corrected chi connectivity index (χ0v) is 17.2. The van der Waals surface area contributed by atoms with Crippen LogP contribution in [0.3, 0.4) is 0 Å². The van der Waals surface area contributed by atoms with Gasteiger partial charge in [-0.25, -0.2) is 4.79 Å². The number of amides is 2. The minimum atomic E-state index is -4.60. The van der Waals surface area contributed by atoms with E-state index in [1.165, 1.54) is 6.92 Å². The van der Waals surface area contributed by atoms with Gasteiger partial charge in [0.1, 0.15) is 0 Å². The molecule has 1 atom stereocenters. The minimum Gasteiger partial charge on any atom is -0.452 e. The van der Waals surface area contributed by atoms with Gasteiger partial charge in [0, 0.05) is 23.8 Å². The Hall–Kier alpha value is -2.49. The Morgan fingerprint density at radius 1 is 1.27 bits per heavy atom. The number of aryl methyl sites for hydroxylation is 1. The maximum Gasteiger partial charge on any atom is 0.422 e. The van der Waals surface area contributed by atoms with E-state index in [-0.39, 0.29) is 25.9 Å². The summed E-state index contributed by atoms with van der Waals surface area (Å²) in [4.78, 5) is 37.4. The monoisotopic (exact) mass is 450 g/mol. The van der Waals surface area contributed by atoms with E-state index in [9.17, 15) is 27.6 Å². The van der Waals surface area contributed by atoms with Crippen molar-refractivity contribution in [2.75, 3.05) is 25.0 Å². The molecule has 1 aromatic carbocycles. The van der Waals surface area contributed by atoms with Crippen LogP contribution in [0.25, 0.3) is 0 Å². The summed E-state index contributed by atoms with van der Waals surface area (Å²) in [7, 11) is 0. The van der Waals surface area contributed by atoms with Crippen molar-refractivity contribution in [1.82, 2.24) is 4.90 Å². The molecule has 1 N–H and O–H groups in total. The normalized spacial score (nSPS) is 16.0. The Labute approximate surface area is 176 Å². The second-order valence-electron chi connectivity index (χ2n) is 6.96. The topological polar surface area (TPSA) is 84.9 Å². The van der Waals surface area contributed by atoms with Gasteiger partial charge in [-0.2, -0.15) is 13.2 Å². The number of hydrogen-bond acceptors (Lipinski definition) is 5. The average Bonchev–Trinajstić information content (AvgIpc) is 2.68. The number of halogens is 4. The van der Waals surface area contributed by atoms with Crippen molar-refractivity contribution in [3.63, 3.8) is 0 Å². The molecule has 1 aliphatic heterocycles. The Morgan fingerprint density at radius 2 is 1.90 bits per heavy atom. The fourth-order valence-electron chi connectivity index (χ4n) is 2.82. The van der Waals surface area contributed by atoms with E-state index in [0.717, 1.165) is 10.5 Å². The van der Waals surface area contributed by atoms with Crippen LogP contribution in [0, 0.1) is 12.8 Å². The van der Waals surface area contributed by atoms with Crippen LogP contribution in [0.5, 0.6) is 0 Å². The van der Waals surface area contributed by atoms with Crippen molar-refractivity contribution in [2.45, 2.75) is 39.0 Å². The number of likely N-dealkylation sites (tertiary alicyclic amines) is 1. The minimum absolute atomic E-state index is 0.0543. The largest absolute Gasteiger partial charge is 0.452 e. The van der Waals surface area contributed by atoms with Gasteiger partial charge in [-0.1, -0.05) is 17.7 Å². The molecule has 0 radical (unpaired) electrons. The summed E-state index contributed by atoms with van der Waals surface area (Å²) in [6.45, 7) is 1.66. The van der Waals surface area contributed by atoms with Gasteiger partial charge in [0.25, 0.3) is 5.91 Å². The van der Waals surface area contributed by atoms with Crippen LogP contribution in [0.1, 0.15) is 25.3 Å². The second-order valence-corrected chi connectivity index (χ2v) is 7.40. The molecule has 1 aliphatic rings. The number of ether oxygens (including phenoxy) is 2. The Bertz CT molecular complexity index is 795. The predicted molar refractivity (Wildman–Crippen MR) is 102 cm³/mol. The standard InChI is InChI=1S/C19H22ClF3N2O5/c1-11-3-4-14(20)9-15(11)24-16(26)12(2)30-17(27)13-5-7-25(8-6-13)18(28)29-10-19(21,22)23/h3-4,9,12-13H,5-8,10H2,1-2H3,(H,24,26)/t12-/m1/s1.